The van der Waals surface area contributed by atoms with Crippen LogP contribution < -0.4 is 15.4 Å². The molecule has 0 aliphatic heterocycles. The van der Waals surface area contributed by atoms with Gasteiger partial charge in [-0.25, -0.2) is 0 Å². The standard InChI is InChI=1S/C18H20N4O4S/c1-3-21(12-17(23)20-15-6-4-5-7-16(15)26-2)18(27)19-13-8-10-14(11-9-13)22(24)25/h4-11H,3,12H2,1-2H3,(H,19,27)(H,20,23). The van der Waals surface area contributed by atoms with Gasteiger partial charge < -0.3 is 20.3 Å². The summed E-state index contributed by atoms with van der Waals surface area (Å²) in [7, 11) is 1.53. The summed E-state index contributed by atoms with van der Waals surface area (Å²) in [5.41, 5.74) is 1.18. The number of thiocarbonyl (C=S) groups is 1. The number of likely N-dealkylation sites (N-methyl/N-ethyl adjacent to an activating group) is 1. The molecule has 8 nitrogen and oxygen atoms in total. The van der Waals surface area contributed by atoms with Crippen molar-refractivity contribution in [3.05, 3.63) is 58.6 Å². The molecular weight excluding hydrogens is 368 g/mol. The summed E-state index contributed by atoms with van der Waals surface area (Å²) in [6.45, 7) is 2.44. The van der Waals surface area contributed by atoms with Crippen LogP contribution in [-0.2, 0) is 4.79 Å². The smallest absolute Gasteiger partial charge is 0.269 e. The van der Waals surface area contributed by atoms with Crippen molar-refractivity contribution in [2.75, 3.05) is 30.8 Å². The summed E-state index contributed by atoms with van der Waals surface area (Å²) in [6, 6.07) is 13.0. The molecule has 0 aliphatic carbocycles. The average molecular weight is 388 g/mol. The van der Waals surface area contributed by atoms with E-state index in [9.17, 15) is 14.9 Å². The largest absolute Gasteiger partial charge is 0.495 e. The highest BCUT2D eigenvalue weighted by molar-refractivity contribution is 7.80. The molecule has 2 aromatic carbocycles. The van der Waals surface area contributed by atoms with Gasteiger partial charge in [-0.1, -0.05) is 12.1 Å². The molecule has 0 unspecified atom stereocenters. The molecule has 142 valence electrons. The maximum Gasteiger partial charge on any atom is 0.269 e. The van der Waals surface area contributed by atoms with E-state index in [1.165, 1.54) is 19.2 Å². The van der Waals surface area contributed by atoms with Gasteiger partial charge in [0, 0.05) is 24.4 Å². The van der Waals surface area contributed by atoms with E-state index in [0.717, 1.165) is 0 Å². The van der Waals surface area contributed by atoms with Crippen LogP contribution in [0.5, 0.6) is 5.75 Å². The number of ether oxygens (including phenoxy) is 1. The number of anilines is 2. The van der Waals surface area contributed by atoms with Crippen LogP contribution in [0, 0.1) is 10.1 Å². The predicted octanol–water partition coefficient (Wildman–Crippen LogP) is 3.26. The maximum absolute atomic E-state index is 12.4. The molecule has 2 rings (SSSR count). The van der Waals surface area contributed by atoms with E-state index in [2.05, 4.69) is 10.6 Å². The highest BCUT2D eigenvalue weighted by Crippen LogP contribution is 2.23. The van der Waals surface area contributed by atoms with E-state index in [-0.39, 0.29) is 18.1 Å². The third-order valence-corrected chi connectivity index (χ3v) is 4.07. The number of nitrogens with one attached hydrogen (secondary N) is 2. The number of nitrogens with zero attached hydrogens (tertiary/aromatic N) is 2. The van der Waals surface area contributed by atoms with Crippen molar-refractivity contribution in [2.24, 2.45) is 0 Å². The molecule has 0 atom stereocenters. The Morgan fingerprint density at radius 2 is 1.85 bits per heavy atom. The van der Waals surface area contributed by atoms with Crippen molar-refractivity contribution in [3.8, 4) is 5.75 Å². The number of rotatable bonds is 7. The van der Waals surface area contributed by atoms with Gasteiger partial charge in [-0.05, 0) is 43.4 Å². The number of carbonyl (C=O) groups excluding carboxylic acids is 1. The van der Waals surface area contributed by atoms with Crippen molar-refractivity contribution in [1.82, 2.24) is 4.90 Å². The second-order valence-electron chi connectivity index (χ2n) is 5.50. The zero-order valence-corrected chi connectivity index (χ0v) is 15.8. The summed E-state index contributed by atoms with van der Waals surface area (Å²) >= 11 is 5.35. The SMILES string of the molecule is CCN(CC(=O)Nc1ccccc1OC)C(=S)Nc1ccc([N+](=O)[O-])cc1. The number of amides is 1. The Bertz CT molecular complexity index is 826. The molecule has 9 heteroatoms. The van der Waals surface area contributed by atoms with Gasteiger partial charge >= 0.3 is 0 Å². The number of non-ortho nitro benzene ring substituents is 1. The molecule has 27 heavy (non-hydrogen) atoms. The minimum absolute atomic E-state index is 0.00463. The quantitative estimate of drug-likeness (QED) is 0.427. The maximum atomic E-state index is 12.4. The van der Waals surface area contributed by atoms with E-state index in [0.29, 0.717) is 28.8 Å². The summed E-state index contributed by atoms with van der Waals surface area (Å²) in [6.07, 6.45) is 0. The number of para-hydroxylation sites is 2. The fourth-order valence-corrected chi connectivity index (χ4v) is 2.62. The second-order valence-corrected chi connectivity index (χ2v) is 5.88. The number of nitro groups is 1. The molecule has 0 aliphatic rings. The molecule has 2 aromatic rings. The molecule has 0 spiro atoms. The first-order valence-corrected chi connectivity index (χ1v) is 8.58. The van der Waals surface area contributed by atoms with Gasteiger partial charge in [0.15, 0.2) is 5.11 Å². The third-order valence-electron chi connectivity index (χ3n) is 3.71. The van der Waals surface area contributed by atoms with Crippen LogP contribution in [0.2, 0.25) is 0 Å². The fourth-order valence-electron chi connectivity index (χ4n) is 2.31. The lowest BCUT2D eigenvalue weighted by Crippen LogP contribution is -2.40. The van der Waals surface area contributed by atoms with Gasteiger partial charge in [-0.3, -0.25) is 14.9 Å². The molecule has 0 aromatic heterocycles. The Kier molecular flexibility index (Phi) is 7.07. The van der Waals surface area contributed by atoms with Gasteiger partial charge in [0.1, 0.15) is 5.75 Å². The molecule has 0 saturated heterocycles. The van der Waals surface area contributed by atoms with Gasteiger partial charge in [0.25, 0.3) is 5.69 Å². The highest BCUT2D eigenvalue weighted by atomic mass is 32.1. The number of hydrogen-bond donors (Lipinski definition) is 2. The average Bonchev–Trinajstić information content (AvgIpc) is 2.66. The first-order valence-electron chi connectivity index (χ1n) is 8.17. The number of benzene rings is 2. The first-order chi connectivity index (χ1) is 12.9. The number of hydrogen-bond acceptors (Lipinski definition) is 5. The van der Waals surface area contributed by atoms with Gasteiger partial charge in [0.2, 0.25) is 5.91 Å². The zero-order chi connectivity index (χ0) is 19.8. The summed E-state index contributed by atoms with van der Waals surface area (Å²) in [5, 5.41) is 16.8. The number of methoxy groups -OCH3 is 1. The summed E-state index contributed by atoms with van der Waals surface area (Å²) < 4.78 is 5.22. The van der Waals surface area contributed by atoms with Gasteiger partial charge in [-0.2, -0.15) is 0 Å². The Morgan fingerprint density at radius 3 is 2.44 bits per heavy atom. The van der Waals surface area contributed by atoms with Crippen LogP contribution in [0.25, 0.3) is 0 Å². The second kappa shape index (κ2) is 9.48. The van der Waals surface area contributed by atoms with Crippen LogP contribution in [0.15, 0.2) is 48.5 Å². The Labute approximate surface area is 162 Å². The van der Waals surface area contributed by atoms with Crippen LogP contribution in [0.4, 0.5) is 17.1 Å². The van der Waals surface area contributed by atoms with Crippen LogP contribution in [-0.4, -0.2) is 41.0 Å². The van der Waals surface area contributed by atoms with Gasteiger partial charge in [0.05, 0.1) is 24.3 Å². The molecule has 0 heterocycles. The van der Waals surface area contributed by atoms with Crippen molar-refractivity contribution in [1.29, 1.82) is 0 Å². The third kappa shape index (κ3) is 5.65. The summed E-state index contributed by atoms with van der Waals surface area (Å²) in [5.74, 6) is 0.328. The molecule has 0 fully saturated rings. The topological polar surface area (TPSA) is 96.7 Å². The van der Waals surface area contributed by atoms with E-state index in [1.807, 2.05) is 13.0 Å². The number of nitro benzene ring substituents is 1. The van der Waals surface area contributed by atoms with Crippen molar-refractivity contribution in [2.45, 2.75) is 6.92 Å². The van der Waals surface area contributed by atoms with E-state index in [1.54, 1.807) is 35.2 Å². The van der Waals surface area contributed by atoms with Crippen molar-refractivity contribution in [3.63, 3.8) is 0 Å². The number of carbonyl (C=O) groups is 1. The highest BCUT2D eigenvalue weighted by Gasteiger charge is 2.14. The van der Waals surface area contributed by atoms with Crippen molar-refractivity contribution < 1.29 is 14.5 Å². The molecule has 0 bridgehead atoms. The summed E-state index contributed by atoms with van der Waals surface area (Å²) in [4.78, 5) is 24.3. The first kappa shape index (κ1) is 20.1. The fraction of sp³-hybridized carbons (Fsp3) is 0.222. The molecule has 0 saturated carbocycles. The Balaban J connectivity index is 1.97. The van der Waals surface area contributed by atoms with E-state index in [4.69, 9.17) is 17.0 Å². The lowest BCUT2D eigenvalue weighted by Gasteiger charge is -2.24. The van der Waals surface area contributed by atoms with Crippen LogP contribution in [0.1, 0.15) is 6.92 Å². The van der Waals surface area contributed by atoms with Crippen molar-refractivity contribution >= 4 is 40.3 Å². The predicted molar refractivity (Wildman–Crippen MR) is 108 cm³/mol. The zero-order valence-electron chi connectivity index (χ0n) is 15.0. The van der Waals surface area contributed by atoms with E-state index < -0.39 is 4.92 Å². The van der Waals surface area contributed by atoms with Crippen LogP contribution >= 0.6 is 12.2 Å². The lowest BCUT2D eigenvalue weighted by atomic mass is 10.3. The molecular formula is C18H20N4O4S. The Hall–Kier alpha value is -3.20. The minimum atomic E-state index is -0.470. The molecule has 1 amide bonds. The lowest BCUT2D eigenvalue weighted by molar-refractivity contribution is -0.384. The molecule has 2 N–H and O–H groups in total. The van der Waals surface area contributed by atoms with E-state index >= 15 is 0 Å². The minimum Gasteiger partial charge on any atom is -0.495 e. The monoisotopic (exact) mass is 388 g/mol. The van der Waals surface area contributed by atoms with Crippen LogP contribution in [0.3, 0.4) is 0 Å². The van der Waals surface area contributed by atoms with Gasteiger partial charge in [-0.15, -0.1) is 0 Å². The normalized spacial score (nSPS) is 10.0. The Morgan fingerprint density at radius 1 is 1.19 bits per heavy atom. The molecule has 0 radical (unpaired) electrons.